The minimum atomic E-state index is 0.479. The lowest BCUT2D eigenvalue weighted by Gasteiger charge is -2.21. The lowest BCUT2D eigenvalue weighted by atomic mass is 9.83. The Balaban J connectivity index is 2.18. The third kappa shape index (κ3) is 1.98. The van der Waals surface area contributed by atoms with Crippen LogP contribution in [0.4, 0.5) is 0 Å². The number of hydrogen-bond donors (Lipinski definition) is 0. The molecule has 0 bridgehead atoms. The van der Waals surface area contributed by atoms with Gasteiger partial charge in [-0.1, -0.05) is 50.6 Å². The van der Waals surface area contributed by atoms with Gasteiger partial charge >= 0.3 is 0 Å². The SMILES string of the molecule is CCC(C)C(c1ccccc1)C1CO1. The largest absolute Gasteiger partial charge is 0.372 e. The molecule has 1 heteroatoms. The van der Waals surface area contributed by atoms with Crippen LogP contribution in [0.5, 0.6) is 0 Å². The van der Waals surface area contributed by atoms with Gasteiger partial charge in [-0.2, -0.15) is 0 Å². The molecule has 0 aromatic heterocycles. The lowest BCUT2D eigenvalue weighted by Crippen LogP contribution is -2.15. The van der Waals surface area contributed by atoms with E-state index in [1.54, 1.807) is 0 Å². The number of benzene rings is 1. The molecule has 76 valence electrons. The molecule has 1 nitrogen and oxygen atoms in total. The van der Waals surface area contributed by atoms with Crippen LogP contribution >= 0.6 is 0 Å². The van der Waals surface area contributed by atoms with Gasteiger partial charge in [0.05, 0.1) is 12.7 Å². The van der Waals surface area contributed by atoms with Crippen molar-refractivity contribution in [2.75, 3.05) is 6.61 Å². The molecular formula is C13H18O. The first-order valence-electron chi connectivity index (χ1n) is 5.49. The first-order valence-corrected chi connectivity index (χ1v) is 5.49. The number of epoxide rings is 1. The number of ether oxygens (including phenoxy) is 1. The van der Waals surface area contributed by atoms with E-state index in [1.165, 1.54) is 12.0 Å². The summed E-state index contributed by atoms with van der Waals surface area (Å²) in [4.78, 5) is 0. The second-order valence-corrected chi connectivity index (χ2v) is 4.19. The van der Waals surface area contributed by atoms with E-state index in [9.17, 15) is 0 Å². The molecule has 0 spiro atoms. The van der Waals surface area contributed by atoms with E-state index in [2.05, 4.69) is 44.2 Å². The van der Waals surface area contributed by atoms with Gasteiger partial charge < -0.3 is 4.74 Å². The fourth-order valence-electron chi connectivity index (χ4n) is 2.10. The standard InChI is InChI=1S/C13H18O/c1-3-10(2)13(12-9-14-12)11-7-5-4-6-8-11/h4-8,10,12-13H,3,9H2,1-2H3. The second kappa shape index (κ2) is 4.14. The van der Waals surface area contributed by atoms with Crippen LogP contribution in [0.3, 0.4) is 0 Å². The smallest absolute Gasteiger partial charge is 0.0880 e. The van der Waals surface area contributed by atoms with Gasteiger partial charge in [-0.05, 0) is 11.5 Å². The van der Waals surface area contributed by atoms with Crippen LogP contribution < -0.4 is 0 Å². The summed E-state index contributed by atoms with van der Waals surface area (Å²) in [6.45, 7) is 5.52. The summed E-state index contributed by atoms with van der Waals surface area (Å²) in [6, 6.07) is 10.8. The Morgan fingerprint density at radius 2 is 2.00 bits per heavy atom. The third-order valence-electron chi connectivity index (χ3n) is 3.20. The molecule has 0 N–H and O–H groups in total. The molecule has 3 atom stereocenters. The predicted molar refractivity (Wildman–Crippen MR) is 58.4 cm³/mol. The normalized spacial score (nSPS) is 24.3. The summed E-state index contributed by atoms with van der Waals surface area (Å²) < 4.78 is 5.45. The Labute approximate surface area is 86.1 Å². The molecule has 14 heavy (non-hydrogen) atoms. The predicted octanol–water partition coefficient (Wildman–Crippen LogP) is 3.22. The zero-order valence-electron chi connectivity index (χ0n) is 8.94. The maximum atomic E-state index is 5.45. The first kappa shape index (κ1) is 9.72. The zero-order chi connectivity index (χ0) is 9.97. The average Bonchev–Trinajstić information content (AvgIpc) is 3.04. The van der Waals surface area contributed by atoms with E-state index in [-0.39, 0.29) is 0 Å². The highest BCUT2D eigenvalue weighted by Gasteiger charge is 2.36. The van der Waals surface area contributed by atoms with Crippen molar-refractivity contribution in [2.24, 2.45) is 5.92 Å². The Morgan fingerprint density at radius 3 is 2.50 bits per heavy atom. The van der Waals surface area contributed by atoms with Crippen LogP contribution in [0, 0.1) is 5.92 Å². The van der Waals surface area contributed by atoms with Gasteiger partial charge in [-0.15, -0.1) is 0 Å². The Kier molecular flexibility index (Phi) is 2.87. The summed E-state index contributed by atoms with van der Waals surface area (Å²) in [6.07, 6.45) is 1.70. The molecule has 2 rings (SSSR count). The maximum Gasteiger partial charge on any atom is 0.0880 e. The lowest BCUT2D eigenvalue weighted by molar-refractivity contribution is 0.318. The monoisotopic (exact) mass is 190 g/mol. The van der Waals surface area contributed by atoms with Crippen LogP contribution in [0.15, 0.2) is 30.3 Å². The summed E-state index contributed by atoms with van der Waals surface area (Å²) in [5.41, 5.74) is 1.43. The van der Waals surface area contributed by atoms with Crippen LogP contribution in [0.1, 0.15) is 31.7 Å². The average molecular weight is 190 g/mol. The second-order valence-electron chi connectivity index (χ2n) is 4.19. The summed E-state index contributed by atoms with van der Waals surface area (Å²) in [5, 5.41) is 0. The number of rotatable bonds is 4. The highest BCUT2D eigenvalue weighted by Crippen LogP contribution is 2.37. The topological polar surface area (TPSA) is 12.5 Å². The molecule has 1 saturated heterocycles. The van der Waals surface area contributed by atoms with E-state index in [4.69, 9.17) is 4.74 Å². The first-order chi connectivity index (χ1) is 6.83. The molecule has 1 heterocycles. The summed E-state index contributed by atoms with van der Waals surface area (Å²) in [5.74, 6) is 1.31. The highest BCUT2D eigenvalue weighted by molar-refractivity contribution is 5.22. The van der Waals surface area contributed by atoms with E-state index in [0.29, 0.717) is 17.9 Å². The van der Waals surface area contributed by atoms with Crippen molar-refractivity contribution in [3.8, 4) is 0 Å². The molecule has 1 aromatic carbocycles. The summed E-state index contributed by atoms with van der Waals surface area (Å²) in [7, 11) is 0. The molecule has 0 aliphatic carbocycles. The molecule has 1 aliphatic heterocycles. The summed E-state index contributed by atoms with van der Waals surface area (Å²) >= 11 is 0. The molecule has 0 radical (unpaired) electrons. The quantitative estimate of drug-likeness (QED) is 0.664. The minimum Gasteiger partial charge on any atom is -0.372 e. The molecule has 3 unspecified atom stereocenters. The Bertz CT molecular complexity index is 277. The van der Waals surface area contributed by atoms with E-state index >= 15 is 0 Å². The van der Waals surface area contributed by atoms with Crippen LogP contribution in [0.2, 0.25) is 0 Å². The van der Waals surface area contributed by atoms with Crippen molar-refractivity contribution in [2.45, 2.75) is 32.3 Å². The fourth-order valence-corrected chi connectivity index (χ4v) is 2.10. The van der Waals surface area contributed by atoms with Gasteiger partial charge in [0.2, 0.25) is 0 Å². The van der Waals surface area contributed by atoms with Gasteiger partial charge in [0.15, 0.2) is 0 Å². The molecular weight excluding hydrogens is 172 g/mol. The molecule has 0 saturated carbocycles. The van der Waals surface area contributed by atoms with Crippen molar-refractivity contribution in [3.63, 3.8) is 0 Å². The third-order valence-corrected chi connectivity index (χ3v) is 3.20. The van der Waals surface area contributed by atoms with Crippen molar-refractivity contribution < 1.29 is 4.74 Å². The van der Waals surface area contributed by atoms with E-state index < -0.39 is 0 Å². The molecule has 0 amide bonds. The van der Waals surface area contributed by atoms with Crippen LogP contribution in [-0.4, -0.2) is 12.7 Å². The van der Waals surface area contributed by atoms with Crippen LogP contribution in [-0.2, 0) is 4.74 Å². The Morgan fingerprint density at radius 1 is 1.36 bits per heavy atom. The van der Waals surface area contributed by atoms with Gasteiger partial charge in [-0.25, -0.2) is 0 Å². The fraction of sp³-hybridized carbons (Fsp3) is 0.538. The van der Waals surface area contributed by atoms with Gasteiger partial charge in [0.25, 0.3) is 0 Å². The Hall–Kier alpha value is -0.820. The minimum absolute atomic E-state index is 0.479. The van der Waals surface area contributed by atoms with E-state index in [0.717, 1.165) is 6.61 Å². The molecule has 1 aromatic rings. The van der Waals surface area contributed by atoms with Crippen molar-refractivity contribution in [3.05, 3.63) is 35.9 Å². The number of hydrogen-bond acceptors (Lipinski definition) is 1. The van der Waals surface area contributed by atoms with Gasteiger partial charge in [0, 0.05) is 5.92 Å². The van der Waals surface area contributed by atoms with Crippen LogP contribution in [0.25, 0.3) is 0 Å². The van der Waals surface area contributed by atoms with Gasteiger partial charge in [0.1, 0.15) is 0 Å². The van der Waals surface area contributed by atoms with Gasteiger partial charge in [-0.3, -0.25) is 0 Å². The maximum absolute atomic E-state index is 5.45. The highest BCUT2D eigenvalue weighted by atomic mass is 16.6. The molecule has 1 fully saturated rings. The van der Waals surface area contributed by atoms with E-state index in [1.807, 2.05) is 0 Å². The van der Waals surface area contributed by atoms with Crippen molar-refractivity contribution >= 4 is 0 Å². The van der Waals surface area contributed by atoms with Crippen molar-refractivity contribution in [1.29, 1.82) is 0 Å². The zero-order valence-corrected chi connectivity index (χ0v) is 8.94. The van der Waals surface area contributed by atoms with Crippen molar-refractivity contribution in [1.82, 2.24) is 0 Å². The molecule has 1 aliphatic rings.